The Labute approximate surface area is 101 Å². The Balaban J connectivity index is 2.02. The first-order chi connectivity index (χ1) is 8.17. The first-order valence-electron chi connectivity index (χ1n) is 5.72. The Hall–Kier alpha value is -1.55. The van der Waals surface area contributed by atoms with Crippen molar-refractivity contribution in [3.05, 3.63) is 29.8 Å². The number of carbonyl (C=O) groups is 1. The van der Waals surface area contributed by atoms with Gasteiger partial charge in [-0.15, -0.1) is 0 Å². The molecule has 4 heteroatoms. The zero-order valence-electron chi connectivity index (χ0n) is 9.94. The molecule has 1 aromatic rings. The summed E-state index contributed by atoms with van der Waals surface area (Å²) in [6.07, 6.45) is 2.56. The SMILES string of the molecule is COc1cccc(CC2(OC(=O)CN)CC2)c1. The average molecular weight is 235 g/mol. The number of carbonyl (C=O) groups excluding carboxylic acids is 1. The summed E-state index contributed by atoms with van der Waals surface area (Å²) in [6, 6.07) is 7.82. The second-order valence-electron chi connectivity index (χ2n) is 4.39. The third-order valence-corrected chi connectivity index (χ3v) is 2.97. The molecule has 1 aromatic carbocycles. The second-order valence-corrected chi connectivity index (χ2v) is 4.39. The number of hydrogen-bond donors (Lipinski definition) is 1. The third-order valence-electron chi connectivity index (χ3n) is 2.97. The van der Waals surface area contributed by atoms with Gasteiger partial charge in [0, 0.05) is 6.42 Å². The molecule has 92 valence electrons. The lowest BCUT2D eigenvalue weighted by Gasteiger charge is -2.16. The van der Waals surface area contributed by atoms with Gasteiger partial charge < -0.3 is 15.2 Å². The molecule has 1 aliphatic carbocycles. The first kappa shape index (κ1) is 11.9. The number of rotatable bonds is 5. The second kappa shape index (κ2) is 4.75. The summed E-state index contributed by atoms with van der Waals surface area (Å²) >= 11 is 0. The number of esters is 1. The van der Waals surface area contributed by atoms with Crippen molar-refractivity contribution in [3.63, 3.8) is 0 Å². The summed E-state index contributed by atoms with van der Waals surface area (Å²) in [5.74, 6) is 0.494. The lowest BCUT2D eigenvalue weighted by molar-refractivity contribution is -0.149. The van der Waals surface area contributed by atoms with E-state index in [1.54, 1.807) is 7.11 Å². The van der Waals surface area contributed by atoms with Crippen molar-refractivity contribution in [1.29, 1.82) is 0 Å². The Bertz CT molecular complexity index is 413. The van der Waals surface area contributed by atoms with E-state index in [2.05, 4.69) is 0 Å². The standard InChI is InChI=1S/C13H17NO3/c1-16-11-4-2-3-10(7-11)8-13(5-6-13)17-12(15)9-14/h2-4,7H,5-6,8-9,14H2,1H3. The van der Waals surface area contributed by atoms with Gasteiger partial charge in [-0.25, -0.2) is 0 Å². The fourth-order valence-corrected chi connectivity index (χ4v) is 1.89. The molecule has 2 rings (SSSR count). The minimum absolute atomic E-state index is 0.0557. The highest BCUT2D eigenvalue weighted by atomic mass is 16.6. The fourth-order valence-electron chi connectivity index (χ4n) is 1.89. The van der Waals surface area contributed by atoms with E-state index in [0.717, 1.165) is 30.6 Å². The molecule has 0 amide bonds. The largest absolute Gasteiger partial charge is 0.497 e. The molecule has 1 aliphatic rings. The summed E-state index contributed by atoms with van der Waals surface area (Å²) in [4.78, 5) is 11.2. The highest BCUT2D eigenvalue weighted by Crippen LogP contribution is 2.42. The maximum atomic E-state index is 11.2. The number of methoxy groups -OCH3 is 1. The van der Waals surface area contributed by atoms with Crippen LogP contribution in [0.1, 0.15) is 18.4 Å². The van der Waals surface area contributed by atoms with Crippen LogP contribution in [0.3, 0.4) is 0 Å². The van der Waals surface area contributed by atoms with Crippen LogP contribution in [0, 0.1) is 0 Å². The number of nitrogens with two attached hydrogens (primary N) is 1. The van der Waals surface area contributed by atoms with Gasteiger partial charge in [0.15, 0.2) is 0 Å². The zero-order chi connectivity index (χ0) is 12.3. The molecule has 0 spiro atoms. The van der Waals surface area contributed by atoms with Crippen LogP contribution in [-0.2, 0) is 16.0 Å². The Kier molecular flexibility index (Phi) is 3.33. The molecule has 0 aromatic heterocycles. The molecule has 2 N–H and O–H groups in total. The van der Waals surface area contributed by atoms with Crippen molar-refractivity contribution in [2.24, 2.45) is 5.73 Å². The first-order valence-corrected chi connectivity index (χ1v) is 5.72. The highest BCUT2D eigenvalue weighted by Gasteiger charge is 2.46. The molecule has 0 aliphatic heterocycles. The van der Waals surface area contributed by atoms with Gasteiger partial charge in [-0.05, 0) is 30.5 Å². The molecule has 1 fully saturated rings. The normalized spacial score (nSPS) is 16.4. The summed E-state index contributed by atoms with van der Waals surface area (Å²) in [5, 5.41) is 0. The van der Waals surface area contributed by atoms with Gasteiger partial charge in [-0.1, -0.05) is 12.1 Å². The van der Waals surface area contributed by atoms with E-state index >= 15 is 0 Å². The van der Waals surface area contributed by atoms with Crippen LogP contribution in [0.15, 0.2) is 24.3 Å². The third kappa shape index (κ3) is 2.97. The van der Waals surface area contributed by atoms with Gasteiger partial charge in [0.05, 0.1) is 13.7 Å². The van der Waals surface area contributed by atoms with Crippen LogP contribution in [0.2, 0.25) is 0 Å². The van der Waals surface area contributed by atoms with E-state index in [1.807, 2.05) is 24.3 Å². The molecular formula is C13H17NO3. The van der Waals surface area contributed by atoms with Gasteiger partial charge in [0.1, 0.15) is 11.4 Å². The molecule has 1 saturated carbocycles. The van der Waals surface area contributed by atoms with Crippen molar-refractivity contribution in [2.45, 2.75) is 24.9 Å². The maximum Gasteiger partial charge on any atom is 0.320 e. The van der Waals surface area contributed by atoms with E-state index in [0.29, 0.717) is 0 Å². The highest BCUT2D eigenvalue weighted by molar-refractivity contribution is 5.72. The molecule has 0 bridgehead atoms. The van der Waals surface area contributed by atoms with Crippen molar-refractivity contribution < 1.29 is 14.3 Å². The maximum absolute atomic E-state index is 11.2. The molecule has 0 atom stereocenters. The van der Waals surface area contributed by atoms with E-state index in [4.69, 9.17) is 15.2 Å². The van der Waals surface area contributed by atoms with E-state index in [9.17, 15) is 4.79 Å². The van der Waals surface area contributed by atoms with Gasteiger partial charge in [0.25, 0.3) is 0 Å². The van der Waals surface area contributed by atoms with Crippen molar-refractivity contribution in [3.8, 4) is 5.75 Å². The number of benzene rings is 1. The summed E-state index contributed by atoms with van der Waals surface area (Å²) in [5.41, 5.74) is 6.05. The van der Waals surface area contributed by atoms with Crippen LogP contribution < -0.4 is 10.5 Å². The van der Waals surface area contributed by atoms with Gasteiger partial charge in [-0.3, -0.25) is 4.79 Å². The van der Waals surface area contributed by atoms with Crippen molar-refractivity contribution in [1.82, 2.24) is 0 Å². The monoisotopic (exact) mass is 235 g/mol. The molecular weight excluding hydrogens is 218 g/mol. The molecule has 0 saturated heterocycles. The van der Waals surface area contributed by atoms with Crippen molar-refractivity contribution in [2.75, 3.05) is 13.7 Å². The van der Waals surface area contributed by atoms with E-state index in [1.165, 1.54) is 0 Å². The van der Waals surface area contributed by atoms with E-state index < -0.39 is 0 Å². The number of ether oxygens (including phenoxy) is 2. The summed E-state index contributed by atoms with van der Waals surface area (Å²) < 4.78 is 10.5. The Morgan fingerprint density at radius 3 is 2.82 bits per heavy atom. The van der Waals surface area contributed by atoms with Gasteiger partial charge in [-0.2, -0.15) is 0 Å². The lowest BCUT2D eigenvalue weighted by atomic mass is 10.1. The number of hydrogen-bond acceptors (Lipinski definition) is 4. The lowest BCUT2D eigenvalue weighted by Crippen LogP contribution is -2.27. The Morgan fingerprint density at radius 2 is 2.24 bits per heavy atom. The predicted molar refractivity (Wildman–Crippen MR) is 63.8 cm³/mol. The minimum Gasteiger partial charge on any atom is -0.497 e. The predicted octanol–water partition coefficient (Wildman–Crippen LogP) is 1.27. The van der Waals surface area contributed by atoms with Crippen LogP contribution in [0.5, 0.6) is 5.75 Å². The minimum atomic E-state index is -0.328. The molecule has 0 heterocycles. The summed E-state index contributed by atoms with van der Waals surface area (Å²) in [7, 11) is 1.64. The fraction of sp³-hybridized carbons (Fsp3) is 0.462. The quantitative estimate of drug-likeness (QED) is 0.781. The van der Waals surface area contributed by atoms with Crippen LogP contribution in [-0.4, -0.2) is 25.2 Å². The van der Waals surface area contributed by atoms with Gasteiger partial charge in [0.2, 0.25) is 0 Å². The summed E-state index contributed by atoms with van der Waals surface area (Å²) in [6.45, 7) is -0.0557. The van der Waals surface area contributed by atoms with Crippen LogP contribution >= 0.6 is 0 Å². The average Bonchev–Trinajstić information content (AvgIpc) is 3.08. The smallest absolute Gasteiger partial charge is 0.320 e. The van der Waals surface area contributed by atoms with Crippen molar-refractivity contribution >= 4 is 5.97 Å². The zero-order valence-corrected chi connectivity index (χ0v) is 9.94. The molecule has 0 unspecified atom stereocenters. The molecule has 0 radical (unpaired) electrons. The molecule has 4 nitrogen and oxygen atoms in total. The van der Waals surface area contributed by atoms with Gasteiger partial charge >= 0.3 is 5.97 Å². The Morgan fingerprint density at radius 1 is 1.47 bits per heavy atom. The van der Waals surface area contributed by atoms with Crippen LogP contribution in [0.4, 0.5) is 0 Å². The van der Waals surface area contributed by atoms with E-state index in [-0.39, 0.29) is 18.1 Å². The topological polar surface area (TPSA) is 61.5 Å². The van der Waals surface area contributed by atoms with Crippen LogP contribution in [0.25, 0.3) is 0 Å². The molecule has 17 heavy (non-hydrogen) atoms.